The summed E-state index contributed by atoms with van der Waals surface area (Å²) < 4.78 is 24.5. The van der Waals surface area contributed by atoms with Crippen molar-refractivity contribution < 1.29 is 13.9 Å². The van der Waals surface area contributed by atoms with Gasteiger partial charge in [-0.25, -0.2) is 4.39 Å². The summed E-state index contributed by atoms with van der Waals surface area (Å²) >= 11 is 0. The van der Waals surface area contributed by atoms with Gasteiger partial charge in [-0.1, -0.05) is 24.3 Å². The van der Waals surface area contributed by atoms with Crippen LogP contribution in [0.3, 0.4) is 0 Å². The number of benzene rings is 2. The molecule has 0 aromatic heterocycles. The van der Waals surface area contributed by atoms with Crippen LogP contribution in [0.25, 0.3) is 0 Å². The largest absolute Gasteiger partial charge is 0.497 e. The second-order valence-electron chi connectivity index (χ2n) is 4.71. The normalized spacial score (nSPS) is 10.4. The molecule has 0 radical (unpaired) electrons. The molecule has 0 aliphatic rings. The molecule has 2 rings (SSSR count). The quantitative estimate of drug-likeness (QED) is 0.852. The van der Waals surface area contributed by atoms with E-state index in [1.165, 1.54) is 6.07 Å². The lowest BCUT2D eigenvalue weighted by molar-refractivity contribution is 0.302. The van der Waals surface area contributed by atoms with Crippen LogP contribution in [-0.2, 0) is 12.8 Å². The molecule has 0 aliphatic carbocycles. The van der Waals surface area contributed by atoms with Crippen molar-refractivity contribution in [3.05, 3.63) is 59.4 Å². The molecule has 3 nitrogen and oxygen atoms in total. The summed E-state index contributed by atoms with van der Waals surface area (Å²) in [5.41, 5.74) is 7.47. The van der Waals surface area contributed by atoms with E-state index in [1.54, 1.807) is 13.2 Å². The molecule has 0 saturated carbocycles. The summed E-state index contributed by atoms with van der Waals surface area (Å²) in [5, 5.41) is 0. The Morgan fingerprint density at radius 1 is 1.05 bits per heavy atom. The molecule has 0 heterocycles. The maximum absolute atomic E-state index is 13.8. The number of ether oxygens (including phenoxy) is 2. The van der Waals surface area contributed by atoms with E-state index >= 15 is 0 Å². The van der Waals surface area contributed by atoms with Gasteiger partial charge in [0.25, 0.3) is 0 Å². The number of nitrogens with two attached hydrogens (primary N) is 1. The molecule has 0 aliphatic heterocycles. The fraction of sp³-hybridized carbons (Fsp3) is 0.294. The maximum Gasteiger partial charge on any atom is 0.165 e. The number of methoxy groups -OCH3 is 1. The average molecular weight is 289 g/mol. The van der Waals surface area contributed by atoms with Crippen LogP contribution in [0.15, 0.2) is 42.5 Å². The zero-order valence-electron chi connectivity index (χ0n) is 12.1. The van der Waals surface area contributed by atoms with E-state index < -0.39 is 0 Å². The molecule has 0 bridgehead atoms. The van der Waals surface area contributed by atoms with Crippen LogP contribution in [0.1, 0.15) is 11.1 Å². The minimum absolute atomic E-state index is 0.316. The van der Waals surface area contributed by atoms with Crippen molar-refractivity contribution in [2.24, 2.45) is 5.73 Å². The van der Waals surface area contributed by atoms with Gasteiger partial charge in [-0.05, 0) is 42.3 Å². The highest BCUT2D eigenvalue weighted by Crippen LogP contribution is 2.23. The van der Waals surface area contributed by atoms with Crippen LogP contribution in [0, 0.1) is 5.82 Å². The van der Waals surface area contributed by atoms with E-state index in [-0.39, 0.29) is 5.82 Å². The van der Waals surface area contributed by atoms with Crippen LogP contribution >= 0.6 is 0 Å². The topological polar surface area (TPSA) is 44.5 Å². The van der Waals surface area contributed by atoms with Crippen molar-refractivity contribution in [1.29, 1.82) is 0 Å². The Morgan fingerprint density at radius 2 is 1.81 bits per heavy atom. The monoisotopic (exact) mass is 289 g/mol. The lowest BCUT2D eigenvalue weighted by Gasteiger charge is -2.12. The molecule has 0 spiro atoms. The maximum atomic E-state index is 13.8. The van der Waals surface area contributed by atoms with Crippen molar-refractivity contribution in [2.45, 2.75) is 12.8 Å². The molecule has 0 atom stereocenters. The van der Waals surface area contributed by atoms with E-state index in [1.807, 2.05) is 30.3 Å². The molecule has 2 aromatic carbocycles. The standard InChI is InChI=1S/C17H20FNO2/c1-20-15-7-5-13(6-8-15)10-12-21-17-14(9-11-19)3-2-4-16(17)18/h2-8H,9-12,19H2,1H3. The Bertz CT molecular complexity index is 570. The van der Waals surface area contributed by atoms with Gasteiger partial charge >= 0.3 is 0 Å². The Kier molecular flexibility index (Phi) is 5.58. The number of hydrogen-bond acceptors (Lipinski definition) is 3. The first-order valence-electron chi connectivity index (χ1n) is 6.97. The highest BCUT2D eigenvalue weighted by molar-refractivity contribution is 5.35. The second kappa shape index (κ2) is 7.64. The van der Waals surface area contributed by atoms with Gasteiger partial charge < -0.3 is 15.2 Å². The third-order valence-electron chi connectivity index (χ3n) is 3.26. The van der Waals surface area contributed by atoms with Gasteiger partial charge in [0, 0.05) is 6.42 Å². The van der Waals surface area contributed by atoms with Gasteiger partial charge in [0.1, 0.15) is 5.75 Å². The van der Waals surface area contributed by atoms with Gasteiger partial charge in [-0.2, -0.15) is 0 Å². The predicted octanol–water partition coefficient (Wildman–Crippen LogP) is 2.96. The molecule has 0 unspecified atom stereocenters. The molecule has 0 saturated heterocycles. The smallest absolute Gasteiger partial charge is 0.165 e. The summed E-state index contributed by atoms with van der Waals surface area (Å²) in [6.07, 6.45) is 1.32. The Morgan fingerprint density at radius 3 is 2.48 bits per heavy atom. The Hall–Kier alpha value is -2.07. The van der Waals surface area contributed by atoms with Gasteiger partial charge in [-0.15, -0.1) is 0 Å². The molecule has 21 heavy (non-hydrogen) atoms. The van der Waals surface area contributed by atoms with E-state index in [2.05, 4.69) is 0 Å². The lowest BCUT2D eigenvalue weighted by Crippen LogP contribution is -2.08. The number of halogens is 1. The van der Waals surface area contributed by atoms with Crippen LogP contribution < -0.4 is 15.2 Å². The van der Waals surface area contributed by atoms with Crippen LogP contribution in [0.4, 0.5) is 4.39 Å². The molecule has 4 heteroatoms. The third kappa shape index (κ3) is 4.20. The predicted molar refractivity (Wildman–Crippen MR) is 81.4 cm³/mol. The van der Waals surface area contributed by atoms with Crippen molar-refractivity contribution >= 4 is 0 Å². The third-order valence-corrected chi connectivity index (χ3v) is 3.26. The van der Waals surface area contributed by atoms with Gasteiger partial charge in [0.2, 0.25) is 0 Å². The first-order chi connectivity index (χ1) is 10.2. The van der Waals surface area contributed by atoms with E-state index in [9.17, 15) is 4.39 Å². The molecular formula is C17H20FNO2. The first kappa shape index (κ1) is 15.3. The molecule has 0 amide bonds. The van der Waals surface area contributed by atoms with Crippen molar-refractivity contribution in [3.8, 4) is 11.5 Å². The fourth-order valence-electron chi connectivity index (χ4n) is 2.13. The summed E-state index contributed by atoms with van der Waals surface area (Å²) in [5.74, 6) is 0.797. The SMILES string of the molecule is COc1ccc(CCOc2c(F)cccc2CCN)cc1. The highest BCUT2D eigenvalue weighted by atomic mass is 19.1. The molecular weight excluding hydrogens is 269 g/mol. The summed E-state index contributed by atoms with van der Waals surface area (Å²) in [7, 11) is 1.63. The Labute approximate surface area is 124 Å². The average Bonchev–Trinajstić information content (AvgIpc) is 2.51. The molecule has 2 N–H and O–H groups in total. The first-order valence-corrected chi connectivity index (χ1v) is 6.97. The zero-order chi connectivity index (χ0) is 15.1. The number of hydrogen-bond donors (Lipinski definition) is 1. The van der Waals surface area contributed by atoms with Crippen LogP contribution in [0.2, 0.25) is 0 Å². The number of para-hydroxylation sites is 1. The van der Waals surface area contributed by atoms with E-state index in [0.717, 1.165) is 16.9 Å². The van der Waals surface area contributed by atoms with E-state index in [4.69, 9.17) is 15.2 Å². The molecule has 0 fully saturated rings. The number of rotatable bonds is 7. The minimum atomic E-state index is -0.337. The zero-order valence-corrected chi connectivity index (χ0v) is 12.1. The van der Waals surface area contributed by atoms with E-state index in [0.29, 0.717) is 31.7 Å². The fourth-order valence-corrected chi connectivity index (χ4v) is 2.13. The second-order valence-corrected chi connectivity index (χ2v) is 4.71. The van der Waals surface area contributed by atoms with Gasteiger partial charge in [-0.3, -0.25) is 0 Å². The van der Waals surface area contributed by atoms with Crippen LogP contribution in [0.5, 0.6) is 11.5 Å². The van der Waals surface area contributed by atoms with Gasteiger partial charge in [0.15, 0.2) is 11.6 Å². The summed E-state index contributed by atoms with van der Waals surface area (Å²) in [4.78, 5) is 0. The van der Waals surface area contributed by atoms with Crippen LogP contribution in [-0.4, -0.2) is 20.3 Å². The van der Waals surface area contributed by atoms with Crippen molar-refractivity contribution in [1.82, 2.24) is 0 Å². The van der Waals surface area contributed by atoms with Crippen molar-refractivity contribution in [3.63, 3.8) is 0 Å². The van der Waals surface area contributed by atoms with Gasteiger partial charge in [0.05, 0.1) is 13.7 Å². The highest BCUT2D eigenvalue weighted by Gasteiger charge is 2.09. The summed E-state index contributed by atoms with van der Waals surface area (Å²) in [6, 6.07) is 12.7. The molecule has 2 aromatic rings. The van der Waals surface area contributed by atoms with Crippen molar-refractivity contribution in [2.75, 3.05) is 20.3 Å². The summed E-state index contributed by atoms with van der Waals surface area (Å²) in [6.45, 7) is 0.892. The Balaban J connectivity index is 1.96. The lowest BCUT2D eigenvalue weighted by atomic mass is 10.1. The molecule has 112 valence electrons. The minimum Gasteiger partial charge on any atom is -0.497 e.